The normalized spacial score (nSPS) is 9.55. The third-order valence-electron chi connectivity index (χ3n) is 1.29. The average Bonchev–Trinajstić information content (AvgIpc) is 2.32. The number of aromatic nitrogens is 2. The molecule has 0 bridgehead atoms. The number of nitrogens with zero attached hydrogens (tertiary/aromatic N) is 3. The molecule has 0 aliphatic rings. The SMILES string of the molecule is CCCn1cc(C#N)c(Br)n1. The van der Waals surface area contributed by atoms with Crippen LogP contribution in [0.4, 0.5) is 0 Å². The van der Waals surface area contributed by atoms with Crippen molar-refractivity contribution < 1.29 is 0 Å². The second-order valence-corrected chi connectivity index (χ2v) is 2.96. The standard InChI is InChI=1S/C7H8BrN3/c1-2-3-11-5-6(4-9)7(8)10-11/h5H,2-3H2,1H3. The van der Waals surface area contributed by atoms with Crippen LogP contribution in [0.15, 0.2) is 10.8 Å². The van der Waals surface area contributed by atoms with Crippen molar-refractivity contribution in [3.63, 3.8) is 0 Å². The van der Waals surface area contributed by atoms with Crippen molar-refractivity contribution in [3.8, 4) is 6.07 Å². The van der Waals surface area contributed by atoms with Gasteiger partial charge >= 0.3 is 0 Å². The first-order valence-corrected chi connectivity index (χ1v) is 4.20. The monoisotopic (exact) mass is 213 g/mol. The van der Waals surface area contributed by atoms with E-state index < -0.39 is 0 Å². The van der Waals surface area contributed by atoms with Gasteiger partial charge in [0.05, 0.1) is 0 Å². The number of rotatable bonds is 2. The Morgan fingerprint density at radius 3 is 3.00 bits per heavy atom. The van der Waals surface area contributed by atoms with Crippen molar-refractivity contribution >= 4 is 15.9 Å². The van der Waals surface area contributed by atoms with Gasteiger partial charge in [-0.05, 0) is 22.4 Å². The minimum absolute atomic E-state index is 0.596. The number of halogens is 1. The fourth-order valence-electron chi connectivity index (χ4n) is 0.816. The molecule has 0 atom stereocenters. The summed E-state index contributed by atoms with van der Waals surface area (Å²) in [7, 11) is 0. The van der Waals surface area contributed by atoms with Crippen molar-refractivity contribution in [1.29, 1.82) is 5.26 Å². The molecule has 1 aromatic rings. The molecule has 0 spiro atoms. The molecule has 0 N–H and O–H groups in total. The van der Waals surface area contributed by atoms with E-state index in [0.29, 0.717) is 10.2 Å². The maximum absolute atomic E-state index is 8.57. The number of hydrogen-bond donors (Lipinski definition) is 0. The van der Waals surface area contributed by atoms with Crippen molar-refractivity contribution in [2.24, 2.45) is 0 Å². The summed E-state index contributed by atoms with van der Waals surface area (Å²) in [5.74, 6) is 0. The molecule has 1 rings (SSSR count). The first-order chi connectivity index (χ1) is 5.27. The van der Waals surface area contributed by atoms with Gasteiger partial charge in [0.2, 0.25) is 0 Å². The summed E-state index contributed by atoms with van der Waals surface area (Å²) in [6.45, 7) is 2.93. The minimum atomic E-state index is 0.596. The fourth-order valence-corrected chi connectivity index (χ4v) is 1.21. The Morgan fingerprint density at radius 1 is 1.82 bits per heavy atom. The van der Waals surface area contributed by atoms with E-state index in [0.717, 1.165) is 13.0 Å². The van der Waals surface area contributed by atoms with Gasteiger partial charge in [-0.1, -0.05) is 6.92 Å². The third kappa shape index (κ3) is 1.81. The Morgan fingerprint density at radius 2 is 2.55 bits per heavy atom. The predicted octanol–water partition coefficient (Wildman–Crippen LogP) is 1.93. The molecule has 1 heterocycles. The maximum atomic E-state index is 8.57. The lowest BCUT2D eigenvalue weighted by Gasteiger charge is -1.93. The molecule has 0 saturated heterocycles. The van der Waals surface area contributed by atoms with Crippen LogP contribution in [0, 0.1) is 11.3 Å². The van der Waals surface area contributed by atoms with E-state index in [2.05, 4.69) is 28.0 Å². The molecule has 58 valence electrons. The van der Waals surface area contributed by atoms with Gasteiger partial charge in [-0.15, -0.1) is 0 Å². The zero-order valence-corrected chi connectivity index (χ0v) is 7.80. The molecule has 0 saturated carbocycles. The average molecular weight is 214 g/mol. The highest BCUT2D eigenvalue weighted by molar-refractivity contribution is 9.10. The third-order valence-corrected chi connectivity index (χ3v) is 1.88. The Bertz CT molecular complexity index is 284. The van der Waals surface area contributed by atoms with Crippen LogP contribution >= 0.6 is 15.9 Å². The van der Waals surface area contributed by atoms with E-state index in [-0.39, 0.29) is 0 Å². The van der Waals surface area contributed by atoms with E-state index in [4.69, 9.17) is 5.26 Å². The van der Waals surface area contributed by atoms with Crippen LogP contribution < -0.4 is 0 Å². The Labute approximate surface area is 73.8 Å². The van der Waals surface area contributed by atoms with Crippen LogP contribution in [0.5, 0.6) is 0 Å². The van der Waals surface area contributed by atoms with Gasteiger partial charge in [-0.25, -0.2) is 0 Å². The smallest absolute Gasteiger partial charge is 0.145 e. The van der Waals surface area contributed by atoms with E-state index in [1.54, 1.807) is 10.9 Å². The van der Waals surface area contributed by atoms with Gasteiger partial charge in [0.15, 0.2) is 0 Å². The maximum Gasteiger partial charge on any atom is 0.145 e. The summed E-state index contributed by atoms with van der Waals surface area (Å²) in [6.07, 6.45) is 2.77. The zero-order chi connectivity index (χ0) is 8.27. The predicted molar refractivity (Wildman–Crippen MR) is 44.9 cm³/mol. The lowest BCUT2D eigenvalue weighted by Crippen LogP contribution is -1.95. The van der Waals surface area contributed by atoms with E-state index in [1.807, 2.05) is 6.07 Å². The Kier molecular flexibility index (Phi) is 2.66. The molecule has 0 amide bonds. The molecule has 3 nitrogen and oxygen atoms in total. The van der Waals surface area contributed by atoms with Crippen LogP contribution in [0.3, 0.4) is 0 Å². The molecule has 0 unspecified atom stereocenters. The number of aryl methyl sites for hydroxylation is 1. The molecule has 0 aliphatic carbocycles. The second-order valence-electron chi connectivity index (χ2n) is 2.21. The van der Waals surface area contributed by atoms with E-state index in [9.17, 15) is 0 Å². The van der Waals surface area contributed by atoms with Gasteiger partial charge in [0.25, 0.3) is 0 Å². The van der Waals surface area contributed by atoms with Crippen molar-refractivity contribution in [2.45, 2.75) is 19.9 Å². The van der Waals surface area contributed by atoms with Crippen molar-refractivity contribution in [3.05, 3.63) is 16.4 Å². The van der Waals surface area contributed by atoms with Crippen LogP contribution in [0.1, 0.15) is 18.9 Å². The van der Waals surface area contributed by atoms with E-state index >= 15 is 0 Å². The first kappa shape index (κ1) is 8.28. The van der Waals surface area contributed by atoms with Crippen LogP contribution in [-0.2, 0) is 6.54 Å². The van der Waals surface area contributed by atoms with Crippen LogP contribution in [-0.4, -0.2) is 9.78 Å². The first-order valence-electron chi connectivity index (χ1n) is 3.41. The van der Waals surface area contributed by atoms with Gasteiger partial charge in [0, 0.05) is 12.7 Å². The largest absolute Gasteiger partial charge is 0.270 e. The topological polar surface area (TPSA) is 41.6 Å². The quantitative estimate of drug-likeness (QED) is 0.754. The van der Waals surface area contributed by atoms with Gasteiger partial charge < -0.3 is 0 Å². The van der Waals surface area contributed by atoms with Crippen LogP contribution in [0.2, 0.25) is 0 Å². The van der Waals surface area contributed by atoms with Crippen molar-refractivity contribution in [2.75, 3.05) is 0 Å². The molecular formula is C7H8BrN3. The van der Waals surface area contributed by atoms with E-state index in [1.165, 1.54) is 0 Å². The summed E-state index contributed by atoms with van der Waals surface area (Å²) in [4.78, 5) is 0. The molecular weight excluding hydrogens is 206 g/mol. The fraction of sp³-hybridized carbons (Fsp3) is 0.429. The Hall–Kier alpha value is -0.820. The molecule has 0 radical (unpaired) electrons. The van der Waals surface area contributed by atoms with Gasteiger partial charge in [-0.3, -0.25) is 4.68 Å². The van der Waals surface area contributed by atoms with Gasteiger partial charge in [0.1, 0.15) is 16.2 Å². The summed E-state index contributed by atoms with van der Waals surface area (Å²) in [6, 6.07) is 2.04. The summed E-state index contributed by atoms with van der Waals surface area (Å²) in [5, 5.41) is 12.6. The second kappa shape index (κ2) is 3.54. The minimum Gasteiger partial charge on any atom is -0.270 e. The molecule has 0 fully saturated rings. The number of hydrogen-bond acceptors (Lipinski definition) is 2. The van der Waals surface area contributed by atoms with Crippen LogP contribution in [0.25, 0.3) is 0 Å². The highest BCUT2D eigenvalue weighted by atomic mass is 79.9. The summed E-state index contributed by atoms with van der Waals surface area (Å²) in [5.41, 5.74) is 0.596. The highest BCUT2D eigenvalue weighted by Gasteiger charge is 2.03. The molecule has 1 aromatic heterocycles. The Balaban J connectivity index is 2.89. The lowest BCUT2D eigenvalue weighted by atomic mass is 10.4. The highest BCUT2D eigenvalue weighted by Crippen LogP contribution is 2.12. The van der Waals surface area contributed by atoms with Crippen molar-refractivity contribution in [1.82, 2.24) is 9.78 Å². The molecule has 11 heavy (non-hydrogen) atoms. The molecule has 4 heteroatoms. The van der Waals surface area contributed by atoms with Gasteiger partial charge in [-0.2, -0.15) is 10.4 Å². The molecule has 0 aliphatic heterocycles. The lowest BCUT2D eigenvalue weighted by molar-refractivity contribution is 0.599. The summed E-state index contributed by atoms with van der Waals surface area (Å²) >= 11 is 3.19. The molecule has 0 aromatic carbocycles. The number of nitriles is 1. The zero-order valence-electron chi connectivity index (χ0n) is 6.21. The summed E-state index contributed by atoms with van der Waals surface area (Å²) < 4.78 is 2.40.